The second kappa shape index (κ2) is 6.22. The van der Waals surface area contributed by atoms with Crippen LogP contribution < -0.4 is 0 Å². The number of carbonyl (C=O) groups is 1. The van der Waals surface area contributed by atoms with Crippen molar-refractivity contribution in [2.24, 2.45) is 11.3 Å². The van der Waals surface area contributed by atoms with Crippen LogP contribution in [0.4, 0.5) is 26.3 Å². The largest absolute Gasteiger partial charge is 0.443 e. The number of ether oxygens (including phenoxy) is 1. The Kier molecular flexibility index (Phi) is 5.92. The molecule has 0 aromatic heterocycles. The van der Waals surface area contributed by atoms with Crippen molar-refractivity contribution in [1.82, 2.24) is 0 Å². The molecule has 0 bridgehead atoms. The minimum Gasteiger partial charge on any atom is -0.443 e. The van der Waals surface area contributed by atoms with E-state index in [1.54, 1.807) is 27.7 Å². The van der Waals surface area contributed by atoms with Crippen molar-refractivity contribution < 1.29 is 35.9 Å². The molecule has 0 saturated heterocycles. The minimum absolute atomic E-state index is 0.158. The maximum atomic E-state index is 12.3. The highest BCUT2D eigenvalue weighted by Gasteiger charge is 2.60. The van der Waals surface area contributed by atoms with E-state index in [1.807, 2.05) is 0 Å². The Morgan fingerprint density at radius 1 is 1.00 bits per heavy atom. The van der Waals surface area contributed by atoms with Gasteiger partial charge in [0, 0.05) is 0 Å². The molecular formula is C12H18F6O2. The van der Waals surface area contributed by atoms with Crippen LogP contribution >= 0.6 is 0 Å². The van der Waals surface area contributed by atoms with E-state index in [0.717, 1.165) is 0 Å². The van der Waals surface area contributed by atoms with E-state index < -0.39 is 35.8 Å². The summed E-state index contributed by atoms with van der Waals surface area (Å²) in [5.41, 5.74) is -0.783. The van der Waals surface area contributed by atoms with E-state index in [-0.39, 0.29) is 6.42 Å². The van der Waals surface area contributed by atoms with E-state index in [9.17, 15) is 31.1 Å². The average Bonchev–Trinajstić information content (AvgIpc) is 2.17. The second-order valence-electron chi connectivity index (χ2n) is 5.61. The normalized spacial score (nSPS) is 15.3. The highest BCUT2D eigenvalue weighted by atomic mass is 19.4. The fourth-order valence-electron chi connectivity index (χ4n) is 1.71. The van der Waals surface area contributed by atoms with Gasteiger partial charge in [0.05, 0.1) is 5.92 Å². The third-order valence-electron chi connectivity index (χ3n) is 2.74. The first kappa shape index (κ1) is 19.1. The lowest BCUT2D eigenvalue weighted by molar-refractivity contribution is -0.315. The first-order chi connectivity index (χ1) is 8.71. The Balaban J connectivity index is 5.18. The van der Waals surface area contributed by atoms with Crippen LogP contribution in [0.2, 0.25) is 0 Å². The van der Waals surface area contributed by atoms with Crippen LogP contribution in [0.25, 0.3) is 0 Å². The van der Waals surface area contributed by atoms with Crippen molar-refractivity contribution in [3.63, 3.8) is 0 Å². The molecule has 0 spiro atoms. The first-order valence-corrected chi connectivity index (χ1v) is 6.05. The molecule has 0 rings (SSSR count). The van der Waals surface area contributed by atoms with Gasteiger partial charge in [-0.2, -0.15) is 26.3 Å². The molecule has 0 aliphatic carbocycles. The molecule has 0 heterocycles. The molecule has 1 atom stereocenters. The summed E-state index contributed by atoms with van der Waals surface area (Å²) >= 11 is 0. The number of halogens is 6. The Hall–Kier alpha value is -0.950. The van der Waals surface area contributed by atoms with E-state index in [2.05, 4.69) is 4.74 Å². The third kappa shape index (κ3) is 5.58. The SMILES string of the molecule is CCCC(C(=O)OC(C(F)(F)F)C(F)(F)F)C(C)(C)C. The summed E-state index contributed by atoms with van der Waals surface area (Å²) in [5.74, 6) is -2.50. The van der Waals surface area contributed by atoms with Gasteiger partial charge in [-0.15, -0.1) is 0 Å². The van der Waals surface area contributed by atoms with E-state index >= 15 is 0 Å². The molecule has 2 nitrogen and oxygen atoms in total. The number of esters is 1. The predicted octanol–water partition coefficient (Wildman–Crippen LogP) is 4.49. The Morgan fingerprint density at radius 2 is 1.40 bits per heavy atom. The zero-order valence-electron chi connectivity index (χ0n) is 11.7. The summed E-state index contributed by atoms with van der Waals surface area (Å²) in [6.45, 7) is 6.36. The monoisotopic (exact) mass is 308 g/mol. The third-order valence-corrected chi connectivity index (χ3v) is 2.74. The molecule has 0 radical (unpaired) electrons. The number of carbonyl (C=O) groups excluding carboxylic acids is 1. The molecule has 0 saturated carbocycles. The van der Waals surface area contributed by atoms with Crippen LogP contribution in [-0.2, 0) is 9.53 Å². The zero-order chi connectivity index (χ0) is 16.4. The van der Waals surface area contributed by atoms with Gasteiger partial charge in [-0.3, -0.25) is 4.79 Å². The fourth-order valence-corrected chi connectivity index (χ4v) is 1.71. The molecule has 20 heavy (non-hydrogen) atoms. The van der Waals surface area contributed by atoms with Crippen LogP contribution in [0.5, 0.6) is 0 Å². The quantitative estimate of drug-likeness (QED) is 0.565. The molecule has 0 N–H and O–H groups in total. The van der Waals surface area contributed by atoms with Crippen LogP contribution in [0.3, 0.4) is 0 Å². The molecule has 120 valence electrons. The van der Waals surface area contributed by atoms with Crippen LogP contribution in [-0.4, -0.2) is 24.4 Å². The van der Waals surface area contributed by atoms with E-state index in [4.69, 9.17) is 0 Å². The summed E-state index contributed by atoms with van der Waals surface area (Å²) in [6, 6.07) is 0. The Labute approximate surface area is 113 Å². The molecule has 0 aliphatic rings. The molecule has 1 unspecified atom stereocenters. The van der Waals surface area contributed by atoms with Gasteiger partial charge in [0.1, 0.15) is 0 Å². The summed E-state index contributed by atoms with van der Waals surface area (Å²) in [7, 11) is 0. The van der Waals surface area contributed by atoms with Gasteiger partial charge < -0.3 is 4.74 Å². The predicted molar refractivity (Wildman–Crippen MR) is 59.8 cm³/mol. The maximum Gasteiger partial charge on any atom is 0.434 e. The first-order valence-electron chi connectivity index (χ1n) is 6.05. The van der Waals surface area contributed by atoms with Crippen LogP contribution in [0.15, 0.2) is 0 Å². The smallest absolute Gasteiger partial charge is 0.434 e. The van der Waals surface area contributed by atoms with Crippen molar-refractivity contribution >= 4 is 5.97 Å². The van der Waals surface area contributed by atoms with E-state index in [1.165, 1.54) is 0 Å². The van der Waals surface area contributed by atoms with Crippen molar-refractivity contribution in [3.05, 3.63) is 0 Å². The Morgan fingerprint density at radius 3 is 1.65 bits per heavy atom. The lowest BCUT2D eigenvalue weighted by Gasteiger charge is -2.31. The number of hydrogen-bond donors (Lipinski definition) is 0. The van der Waals surface area contributed by atoms with Crippen molar-refractivity contribution in [3.8, 4) is 0 Å². The number of alkyl halides is 6. The lowest BCUT2D eigenvalue weighted by atomic mass is 9.78. The summed E-state index contributed by atoms with van der Waals surface area (Å²) in [5, 5.41) is 0. The van der Waals surface area contributed by atoms with Crippen LogP contribution in [0, 0.1) is 11.3 Å². The molecule has 0 fully saturated rings. The maximum absolute atomic E-state index is 12.3. The Bertz CT molecular complexity index is 312. The number of hydrogen-bond acceptors (Lipinski definition) is 2. The molecule has 0 aliphatic heterocycles. The molecule has 0 aromatic carbocycles. The van der Waals surface area contributed by atoms with Gasteiger partial charge in [-0.1, -0.05) is 34.1 Å². The van der Waals surface area contributed by atoms with Gasteiger partial charge in [0.15, 0.2) is 0 Å². The van der Waals surface area contributed by atoms with E-state index in [0.29, 0.717) is 6.42 Å². The summed E-state index contributed by atoms with van der Waals surface area (Å²) in [4.78, 5) is 11.7. The summed E-state index contributed by atoms with van der Waals surface area (Å²) < 4.78 is 77.7. The zero-order valence-corrected chi connectivity index (χ0v) is 11.7. The van der Waals surface area contributed by atoms with Gasteiger partial charge >= 0.3 is 18.3 Å². The minimum atomic E-state index is -5.68. The van der Waals surface area contributed by atoms with Crippen LogP contribution in [0.1, 0.15) is 40.5 Å². The second-order valence-corrected chi connectivity index (χ2v) is 5.61. The summed E-state index contributed by atoms with van der Waals surface area (Å²) in [6.07, 6.45) is -14.8. The number of rotatable bonds is 4. The average molecular weight is 308 g/mol. The van der Waals surface area contributed by atoms with Crippen molar-refractivity contribution in [2.45, 2.75) is 59.0 Å². The lowest BCUT2D eigenvalue weighted by Crippen LogP contribution is -2.47. The molecule has 0 amide bonds. The highest BCUT2D eigenvalue weighted by molar-refractivity contribution is 5.73. The van der Waals surface area contributed by atoms with Crippen molar-refractivity contribution in [2.75, 3.05) is 0 Å². The molecule has 8 heteroatoms. The van der Waals surface area contributed by atoms with Gasteiger partial charge in [-0.05, 0) is 11.8 Å². The molecule has 0 aromatic rings. The van der Waals surface area contributed by atoms with Gasteiger partial charge in [0.2, 0.25) is 0 Å². The fraction of sp³-hybridized carbons (Fsp3) is 0.917. The topological polar surface area (TPSA) is 26.3 Å². The highest BCUT2D eigenvalue weighted by Crippen LogP contribution is 2.38. The van der Waals surface area contributed by atoms with Gasteiger partial charge in [-0.25, -0.2) is 0 Å². The molecular weight excluding hydrogens is 290 g/mol. The van der Waals surface area contributed by atoms with Gasteiger partial charge in [0.25, 0.3) is 6.10 Å². The van der Waals surface area contributed by atoms with Crippen molar-refractivity contribution in [1.29, 1.82) is 0 Å². The standard InChI is InChI=1S/C12H18F6O2/c1-5-6-7(10(2,3)4)8(19)20-9(11(13,14)15)12(16,17)18/h7,9H,5-6H2,1-4H3.